The van der Waals surface area contributed by atoms with Gasteiger partial charge in [-0.05, 0) is 25.3 Å². The summed E-state index contributed by atoms with van der Waals surface area (Å²) in [6, 6.07) is 10.7. The molecule has 2 aromatic heterocycles. The number of fused-ring (bicyclic) bond motifs is 1. The lowest BCUT2D eigenvalue weighted by Gasteiger charge is -2.16. The molecule has 1 saturated carbocycles. The number of benzene rings is 1. The molecule has 1 atom stereocenters. The van der Waals surface area contributed by atoms with Gasteiger partial charge in [0.15, 0.2) is 0 Å². The van der Waals surface area contributed by atoms with Crippen molar-refractivity contribution in [2.75, 3.05) is 19.0 Å². The Morgan fingerprint density at radius 1 is 1.25 bits per heavy atom. The fourth-order valence-corrected chi connectivity index (χ4v) is 3.90. The third kappa shape index (κ3) is 3.01. The number of anilines is 1. The van der Waals surface area contributed by atoms with Crippen molar-refractivity contribution in [2.45, 2.75) is 31.7 Å². The first-order valence-electron chi connectivity index (χ1n) is 8.36. The largest absolute Gasteiger partial charge is 0.383 e. The third-order valence-corrected chi connectivity index (χ3v) is 5.15. The van der Waals surface area contributed by atoms with Crippen molar-refractivity contribution in [2.24, 2.45) is 0 Å². The van der Waals surface area contributed by atoms with Crippen LogP contribution in [-0.4, -0.2) is 29.7 Å². The lowest BCUT2D eigenvalue weighted by atomic mass is 10.1. The molecule has 24 heavy (non-hydrogen) atoms. The Kier molecular flexibility index (Phi) is 4.21. The number of methoxy groups -OCH3 is 1. The summed E-state index contributed by atoms with van der Waals surface area (Å²) in [7, 11) is 1.73. The molecule has 1 N–H and O–H groups in total. The lowest BCUT2D eigenvalue weighted by molar-refractivity contribution is 0.190. The van der Waals surface area contributed by atoms with E-state index in [1.165, 1.54) is 24.0 Å². The zero-order valence-corrected chi connectivity index (χ0v) is 14.8. The molecule has 1 aliphatic rings. The van der Waals surface area contributed by atoms with Crippen LogP contribution in [0.3, 0.4) is 0 Å². The first-order chi connectivity index (χ1) is 11.8. The summed E-state index contributed by atoms with van der Waals surface area (Å²) in [4.78, 5) is 10.8. The molecule has 3 aromatic rings. The highest BCUT2D eigenvalue weighted by Gasteiger charge is 2.28. The summed E-state index contributed by atoms with van der Waals surface area (Å²) in [5.41, 5.74) is 2.40. The predicted octanol–water partition coefficient (Wildman–Crippen LogP) is 4.68. The number of hydrogen-bond acceptors (Lipinski definition) is 5. The van der Waals surface area contributed by atoms with Crippen LogP contribution in [0.1, 0.15) is 31.5 Å². The number of nitrogens with zero attached hydrogens (tertiary/aromatic N) is 2. The van der Waals surface area contributed by atoms with Gasteiger partial charge in [-0.3, -0.25) is 0 Å². The van der Waals surface area contributed by atoms with E-state index >= 15 is 0 Å². The van der Waals surface area contributed by atoms with Crippen LogP contribution in [0.5, 0.6) is 0 Å². The first kappa shape index (κ1) is 15.5. The van der Waals surface area contributed by atoms with Gasteiger partial charge >= 0.3 is 0 Å². The molecular weight excluding hydrogens is 318 g/mol. The van der Waals surface area contributed by atoms with Gasteiger partial charge in [0.1, 0.15) is 16.5 Å². The van der Waals surface area contributed by atoms with Crippen molar-refractivity contribution in [3.63, 3.8) is 0 Å². The Bertz CT molecular complexity index is 842. The van der Waals surface area contributed by atoms with E-state index in [2.05, 4.69) is 41.9 Å². The average Bonchev–Trinajstić information content (AvgIpc) is 3.35. The minimum atomic E-state index is 0.198. The molecule has 0 aliphatic heterocycles. The summed E-state index contributed by atoms with van der Waals surface area (Å²) < 4.78 is 5.27. The molecule has 1 aromatic carbocycles. The number of nitrogens with one attached hydrogen (secondary N) is 1. The highest BCUT2D eigenvalue weighted by Crippen LogP contribution is 2.42. The van der Waals surface area contributed by atoms with Crippen molar-refractivity contribution in [1.29, 1.82) is 0 Å². The molecule has 0 saturated heterocycles. The minimum absolute atomic E-state index is 0.198. The second-order valence-corrected chi connectivity index (χ2v) is 7.26. The first-order valence-corrected chi connectivity index (χ1v) is 9.24. The Balaban J connectivity index is 1.83. The summed E-state index contributed by atoms with van der Waals surface area (Å²) in [5.74, 6) is 2.46. The Labute approximate surface area is 145 Å². The van der Waals surface area contributed by atoms with E-state index in [1.807, 2.05) is 6.07 Å². The molecule has 4 nitrogen and oxygen atoms in total. The minimum Gasteiger partial charge on any atom is -0.383 e. The number of ether oxygens (including phenoxy) is 1. The molecule has 124 valence electrons. The van der Waals surface area contributed by atoms with Gasteiger partial charge in [-0.2, -0.15) is 0 Å². The van der Waals surface area contributed by atoms with Gasteiger partial charge < -0.3 is 10.1 Å². The maximum atomic E-state index is 5.27. The fraction of sp³-hybridized carbons (Fsp3) is 0.368. The molecule has 0 spiro atoms. The van der Waals surface area contributed by atoms with Crippen molar-refractivity contribution < 1.29 is 4.74 Å². The van der Waals surface area contributed by atoms with Crippen LogP contribution in [0, 0.1) is 0 Å². The van der Waals surface area contributed by atoms with E-state index in [1.54, 1.807) is 18.4 Å². The topological polar surface area (TPSA) is 47.0 Å². The van der Waals surface area contributed by atoms with E-state index in [0.29, 0.717) is 12.5 Å². The van der Waals surface area contributed by atoms with E-state index in [0.717, 1.165) is 21.9 Å². The predicted molar refractivity (Wildman–Crippen MR) is 99.8 cm³/mol. The molecule has 4 rings (SSSR count). The van der Waals surface area contributed by atoms with Crippen LogP contribution < -0.4 is 5.32 Å². The smallest absolute Gasteiger partial charge is 0.139 e. The summed E-state index contributed by atoms with van der Waals surface area (Å²) in [5, 5.41) is 6.85. The molecule has 1 unspecified atom stereocenters. The van der Waals surface area contributed by atoms with E-state index in [9.17, 15) is 0 Å². The molecule has 0 amide bonds. The average molecular weight is 339 g/mol. The molecule has 5 heteroatoms. The maximum absolute atomic E-state index is 5.27. The molecular formula is C19H21N3OS. The van der Waals surface area contributed by atoms with Crippen LogP contribution in [0.2, 0.25) is 0 Å². The lowest BCUT2D eigenvalue weighted by Crippen LogP contribution is -2.22. The van der Waals surface area contributed by atoms with Crippen molar-refractivity contribution in [1.82, 2.24) is 9.97 Å². The van der Waals surface area contributed by atoms with Crippen molar-refractivity contribution in [3.8, 4) is 11.1 Å². The molecule has 1 aliphatic carbocycles. The van der Waals surface area contributed by atoms with Crippen molar-refractivity contribution in [3.05, 3.63) is 41.5 Å². The highest BCUT2D eigenvalue weighted by atomic mass is 32.1. The fourth-order valence-electron chi connectivity index (χ4n) is 2.94. The van der Waals surface area contributed by atoms with Crippen LogP contribution in [0.25, 0.3) is 21.3 Å². The van der Waals surface area contributed by atoms with Gasteiger partial charge in [0.25, 0.3) is 0 Å². The SMILES string of the molecule is COCC(C)Nc1nc(C2CC2)nc2scc(-c3ccccc3)c12. The third-order valence-electron chi connectivity index (χ3n) is 4.28. The van der Waals surface area contributed by atoms with Crippen LogP contribution in [-0.2, 0) is 4.74 Å². The number of thiophene rings is 1. The molecule has 0 bridgehead atoms. The van der Waals surface area contributed by atoms with Crippen molar-refractivity contribution >= 4 is 27.4 Å². The summed E-state index contributed by atoms with van der Waals surface area (Å²) >= 11 is 1.70. The Hall–Kier alpha value is -1.98. The Morgan fingerprint density at radius 2 is 2.04 bits per heavy atom. The quantitative estimate of drug-likeness (QED) is 0.708. The normalized spacial score (nSPS) is 15.6. The standard InChI is InChI=1S/C19H21N3OS/c1-12(10-23-2)20-18-16-15(13-6-4-3-5-7-13)11-24-19(16)22-17(21-18)14-8-9-14/h3-7,11-12,14H,8-10H2,1-2H3,(H,20,21,22). The van der Waals surface area contributed by atoms with E-state index in [4.69, 9.17) is 14.7 Å². The molecule has 1 fully saturated rings. The second kappa shape index (κ2) is 6.49. The van der Waals surface area contributed by atoms with Gasteiger partial charge in [-0.25, -0.2) is 9.97 Å². The van der Waals surface area contributed by atoms with Gasteiger partial charge in [-0.15, -0.1) is 11.3 Å². The summed E-state index contributed by atoms with van der Waals surface area (Å²) in [6.45, 7) is 2.76. The maximum Gasteiger partial charge on any atom is 0.139 e. The van der Waals surface area contributed by atoms with E-state index in [-0.39, 0.29) is 6.04 Å². The van der Waals surface area contributed by atoms with Gasteiger partial charge in [0, 0.05) is 30.0 Å². The van der Waals surface area contributed by atoms with Crippen LogP contribution in [0.15, 0.2) is 35.7 Å². The highest BCUT2D eigenvalue weighted by molar-refractivity contribution is 7.17. The zero-order chi connectivity index (χ0) is 16.5. The monoisotopic (exact) mass is 339 g/mol. The molecule has 0 radical (unpaired) electrons. The Morgan fingerprint density at radius 3 is 2.75 bits per heavy atom. The van der Waals surface area contributed by atoms with Gasteiger partial charge in [0.2, 0.25) is 0 Å². The number of rotatable bonds is 6. The van der Waals surface area contributed by atoms with Gasteiger partial charge in [0.05, 0.1) is 12.0 Å². The number of aromatic nitrogens is 2. The van der Waals surface area contributed by atoms with Crippen LogP contribution >= 0.6 is 11.3 Å². The second-order valence-electron chi connectivity index (χ2n) is 6.40. The van der Waals surface area contributed by atoms with E-state index < -0.39 is 0 Å². The van der Waals surface area contributed by atoms with Gasteiger partial charge in [-0.1, -0.05) is 30.3 Å². The molecule has 2 heterocycles. The zero-order valence-electron chi connectivity index (χ0n) is 14.0. The van der Waals surface area contributed by atoms with Crippen LogP contribution in [0.4, 0.5) is 5.82 Å². The number of hydrogen-bond donors (Lipinski definition) is 1. The summed E-state index contributed by atoms with van der Waals surface area (Å²) in [6.07, 6.45) is 2.41.